The minimum Gasteiger partial charge on any atom is -0.360 e. The zero-order valence-electron chi connectivity index (χ0n) is 11.3. The molecular formula is C12H10F4N2O3S. The van der Waals surface area contributed by atoms with Gasteiger partial charge in [0.25, 0.3) is 10.0 Å². The lowest BCUT2D eigenvalue weighted by Crippen LogP contribution is -2.16. The maximum atomic E-state index is 13.6. The number of hydrogen-bond donors (Lipinski definition) is 1. The molecule has 10 heteroatoms. The lowest BCUT2D eigenvalue weighted by molar-refractivity contribution is -0.137. The summed E-state index contributed by atoms with van der Waals surface area (Å²) in [5.74, 6) is -1.19. The van der Waals surface area contributed by atoms with E-state index < -0.39 is 33.3 Å². The van der Waals surface area contributed by atoms with Crippen molar-refractivity contribution in [3.05, 3.63) is 41.0 Å². The van der Waals surface area contributed by atoms with Gasteiger partial charge in [-0.15, -0.1) is 0 Å². The van der Waals surface area contributed by atoms with E-state index in [0.717, 1.165) is 0 Å². The van der Waals surface area contributed by atoms with Crippen LogP contribution in [0.15, 0.2) is 27.6 Å². The number of rotatable bonds is 3. The summed E-state index contributed by atoms with van der Waals surface area (Å²) in [6, 6.07) is 1.43. The number of aromatic nitrogens is 1. The monoisotopic (exact) mass is 338 g/mol. The zero-order valence-corrected chi connectivity index (χ0v) is 12.1. The van der Waals surface area contributed by atoms with Crippen LogP contribution in [-0.2, 0) is 16.2 Å². The Morgan fingerprint density at radius 3 is 2.36 bits per heavy atom. The zero-order chi connectivity index (χ0) is 16.7. The molecule has 1 aromatic heterocycles. The Labute approximate surface area is 123 Å². The third-order valence-corrected chi connectivity index (χ3v) is 4.38. The molecule has 0 aliphatic heterocycles. The number of sulfonamides is 1. The van der Waals surface area contributed by atoms with Crippen LogP contribution in [0.25, 0.3) is 0 Å². The molecule has 22 heavy (non-hydrogen) atoms. The summed E-state index contributed by atoms with van der Waals surface area (Å²) in [4.78, 5) is -0.343. The Kier molecular flexibility index (Phi) is 3.90. The molecule has 0 bridgehead atoms. The van der Waals surface area contributed by atoms with Crippen LogP contribution in [0.2, 0.25) is 0 Å². The van der Waals surface area contributed by atoms with Crippen LogP contribution >= 0.6 is 0 Å². The Bertz CT molecular complexity index is 793. The van der Waals surface area contributed by atoms with Gasteiger partial charge in [0, 0.05) is 0 Å². The van der Waals surface area contributed by atoms with Crippen LogP contribution in [0.5, 0.6) is 0 Å². The van der Waals surface area contributed by atoms with E-state index in [4.69, 9.17) is 0 Å². The molecule has 1 N–H and O–H groups in total. The lowest BCUT2D eigenvalue weighted by atomic mass is 10.2. The van der Waals surface area contributed by atoms with E-state index in [1.54, 1.807) is 4.72 Å². The predicted octanol–water partition coefficient (Wildman–Crippen LogP) is 3.25. The van der Waals surface area contributed by atoms with Gasteiger partial charge >= 0.3 is 6.18 Å². The molecule has 5 nitrogen and oxygen atoms in total. The van der Waals surface area contributed by atoms with Crippen molar-refractivity contribution in [3.8, 4) is 0 Å². The highest BCUT2D eigenvalue weighted by Gasteiger charge is 2.32. The van der Waals surface area contributed by atoms with Gasteiger partial charge in [0.05, 0.1) is 11.3 Å². The molecule has 0 atom stereocenters. The van der Waals surface area contributed by atoms with Crippen molar-refractivity contribution in [3.63, 3.8) is 0 Å². The first-order valence-corrected chi connectivity index (χ1v) is 7.33. The molecule has 1 heterocycles. The molecule has 0 aliphatic carbocycles. The standard InChI is InChI=1S/C12H10F4N2O3S/c1-6-11(7(2)21-17-6)22(19,20)18-10-5-8(12(14,15)16)3-4-9(10)13/h3-5,18H,1-2H3. The molecule has 0 saturated carbocycles. The van der Waals surface area contributed by atoms with Crippen molar-refractivity contribution in [2.24, 2.45) is 0 Å². The summed E-state index contributed by atoms with van der Waals surface area (Å²) in [6.45, 7) is 2.66. The number of benzene rings is 1. The van der Waals surface area contributed by atoms with Crippen molar-refractivity contribution in [2.45, 2.75) is 24.9 Å². The van der Waals surface area contributed by atoms with Gasteiger partial charge in [0.1, 0.15) is 11.5 Å². The minimum atomic E-state index is -4.73. The maximum Gasteiger partial charge on any atom is 0.416 e. The Morgan fingerprint density at radius 2 is 1.86 bits per heavy atom. The normalized spacial score (nSPS) is 12.5. The Balaban J connectivity index is 2.47. The molecule has 0 amide bonds. The molecular weight excluding hydrogens is 328 g/mol. The topological polar surface area (TPSA) is 72.2 Å². The highest BCUT2D eigenvalue weighted by molar-refractivity contribution is 7.92. The van der Waals surface area contributed by atoms with Crippen LogP contribution in [-0.4, -0.2) is 13.6 Å². The van der Waals surface area contributed by atoms with E-state index in [1.165, 1.54) is 13.8 Å². The summed E-state index contributed by atoms with van der Waals surface area (Å²) in [6.07, 6.45) is -4.73. The highest BCUT2D eigenvalue weighted by Crippen LogP contribution is 2.32. The van der Waals surface area contributed by atoms with Gasteiger partial charge in [0.2, 0.25) is 0 Å². The van der Waals surface area contributed by atoms with Crippen molar-refractivity contribution in [1.29, 1.82) is 0 Å². The fourth-order valence-corrected chi connectivity index (χ4v) is 3.22. The molecule has 0 aliphatic rings. The van der Waals surface area contributed by atoms with E-state index in [1.807, 2.05) is 0 Å². The molecule has 0 radical (unpaired) electrons. The molecule has 0 spiro atoms. The first-order valence-electron chi connectivity index (χ1n) is 5.85. The largest absolute Gasteiger partial charge is 0.416 e. The average molecular weight is 338 g/mol. The molecule has 2 aromatic rings. The summed E-state index contributed by atoms with van der Waals surface area (Å²) in [5, 5.41) is 3.44. The maximum absolute atomic E-state index is 13.6. The van der Waals surface area contributed by atoms with Gasteiger partial charge in [-0.3, -0.25) is 4.72 Å². The first-order chi connectivity index (χ1) is 10.0. The van der Waals surface area contributed by atoms with E-state index >= 15 is 0 Å². The predicted molar refractivity (Wildman–Crippen MR) is 68.2 cm³/mol. The SMILES string of the molecule is Cc1noc(C)c1S(=O)(=O)Nc1cc(C(F)(F)F)ccc1F. The van der Waals surface area contributed by atoms with Crippen molar-refractivity contribution < 1.29 is 30.5 Å². The van der Waals surface area contributed by atoms with Gasteiger partial charge < -0.3 is 4.52 Å². The van der Waals surface area contributed by atoms with Gasteiger partial charge in [-0.2, -0.15) is 13.2 Å². The molecule has 2 rings (SSSR count). The Morgan fingerprint density at radius 1 is 1.23 bits per heavy atom. The number of anilines is 1. The molecule has 0 saturated heterocycles. The van der Waals surface area contributed by atoms with Crippen molar-refractivity contribution in [2.75, 3.05) is 4.72 Å². The lowest BCUT2D eigenvalue weighted by Gasteiger charge is -2.12. The van der Waals surface area contributed by atoms with Crippen LogP contribution < -0.4 is 4.72 Å². The quantitative estimate of drug-likeness (QED) is 0.872. The fourth-order valence-electron chi connectivity index (χ4n) is 1.83. The van der Waals surface area contributed by atoms with E-state index in [2.05, 4.69) is 9.68 Å². The number of nitrogens with one attached hydrogen (secondary N) is 1. The van der Waals surface area contributed by atoms with Crippen LogP contribution in [0.4, 0.5) is 23.2 Å². The summed E-state index contributed by atoms with van der Waals surface area (Å²) >= 11 is 0. The Hall–Kier alpha value is -2.10. The molecule has 0 unspecified atom stereocenters. The second-order valence-corrected chi connectivity index (χ2v) is 6.07. The average Bonchev–Trinajstić information content (AvgIpc) is 2.70. The number of hydrogen-bond acceptors (Lipinski definition) is 4. The molecule has 0 fully saturated rings. The van der Waals surface area contributed by atoms with Crippen molar-refractivity contribution >= 4 is 15.7 Å². The summed E-state index contributed by atoms with van der Waals surface area (Å²) < 4.78 is 82.2. The highest BCUT2D eigenvalue weighted by atomic mass is 32.2. The second-order valence-electron chi connectivity index (χ2n) is 4.45. The van der Waals surface area contributed by atoms with Crippen molar-refractivity contribution in [1.82, 2.24) is 5.16 Å². The molecule has 1 aromatic carbocycles. The van der Waals surface area contributed by atoms with Crippen LogP contribution in [0.3, 0.4) is 0 Å². The minimum absolute atomic E-state index is 0.0115. The third kappa shape index (κ3) is 3.06. The summed E-state index contributed by atoms with van der Waals surface area (Å²) in [5.41, 5.74) is -1.97. The summed E-state index contributed by atoms with van der Waals surface area (Å²) in [7, 11) is -4.33. The molecule has 120 valence electrons. The van der Waals surface area contributed by atoms with Gasteiger partial charge in [-0.1, -0.05) is 5.16 Å². The first kappa shape index (κ1) is 16.3. The third-order valence-electron chi connectivity index (χ3n) is 2.77. The van der Waals surface area contributed by atoms with Crippen LogP contribution in [0, 0.1) is 19.7 Å². The van der Waals surface area contributed by atoms with Gasteiger partial charge in [-0.05, 0) is 32.0 Å². The number of halogens is 4. The fraction of sp³-hybridized carbons (Fsp3) is 0.250. The van der Waals surface area contributed by atoms with Gasteiger partial charge in [0.15, 0.2) is 10.7 Å². The van der Waals surface area contributed by atoms with E-state index in [0.29, 0.717) is 18.2 Å². The smallest absolute Gasteiger partial charge is 0.360 e. The van der Waals surface area contributed by atoms with Gasteiger partial charge in [-0.25, -0.2) is 12.8 Å². The second kappa shape index (κ2) is 5.27. The van der Waals surface area contributed by atoms with Crippen LogP contribution in [0.1, 0.15) is 17.0 Å². The number of alkyl halides is 3. The van der Waals surface area contributed by atoms with E-state index in [9.17, 15) is 26.0 Å². The van der Waals surface area contributed by atoms with E-state index in [-0.39, 0.29) is 16.3 Å². The number of nitrogens with zero attached hydrogens (tertiary/aromatic N) is 1. The number of aryl methyl sites for hydroxylation is 2.